The van der Waals surface area contributed by atoms with Gasteiger partial charge in [-0.15, -0.1) is 0 Å². The van der Waals surface area contributed by atoms with Crippen LogP contribution in [0.4, 0.5) is 0 Å². The Hall–Kier alpha value is -1.59. The van der Waals surface area contributed by atoms with Crippen molar-refractivity contribution in [3.05, 3.63) is 34.9 Å². The van der Waals surface area contributed by atoms with Crippen LogP contribution in [0.3, 0.4) is 0 Å². The molecular weight excluding hydrogens is 342 g/mol. The number of nitrogens with zero attached hydrogens (tertiary/aromatic N) is 1. The van der Waals surface area contributed by atoms with Crippen molar-refractivity contribution in [2.45, 2.75) is 31.6 Å². The third kappa shape index (κ3) is 3.40. The Morgan fingerprint density at radius 2 is 1.96 bits per heavy atom. The summed E-state index contributed by atoms with van der Waals surface area (Å²) in [6, 6.07) is 7.52. The Kier molecular flexibility index (Phi) is 5.35. The average Bonchev–Trinajstić information content (AvgIpc) is 2.61. The van der Waals surface area contributed by atoms with E-state index in [4.69, 9.17) is 16.3 Å². The first-order valence-corrected chi connectivity index (χ1v) is 9.18. The third-order valence-electron chi connectivity index (χ3n) is 5.65. The highest BCUT2D eigenvalue weighted by molar-refractivity contribution is 6.31. The number of benzene rings is 1. The number of ether oxygens (including phenoxy) is 1. The molecule has 2 saturated heterocycles. The van der Waals surface area contributed by atoms with Gasteiger partial charge >= 0.3 is 5.97 Å². The normalized spacial score (nSPS) is 26.2. The molecule has 0 aliphatic carbocycles. The van der Waals surface area contributed by atoms with E-state index in [9.17, 15) is 14.7 Å². The average molecular weight is 366 g/mol. The van der Waals surface area contributed by atoms with E-state index < -0.39 is 11.4 Å². The largest absolute Gasteiger partial charge is 0.481 e. The standard InChI is InChI=1S/C19H24ClNO4/c1-13-12-21(9-6-14(13)17(22)23)18(24)19(7-10-25-11-8-19)15-4-2-3-5-16(15)20/h2-5,13-14H,6-12H2,1H3,(H,22,23). The van der Waals surface area contributed by atoms with Gasteiger partial charge in [-0.1, -0.05) is 36.7 Å². The molecule has 0 saturated carbocycles. The van der Waals surface area contributed by atoms with Gasteiger partial charge in [0.2, 0.25) is 5.91 Å². The number of hydrogen-bond acceptors (Lipinski definition) is 3. The monoisotopic (exact) mass is 365 g/mol. The number of piperidine rings is 1. The number of hydrogen-bond donors (Lipinski definition) is 1. The smallest absolute Gasteiger partial charge is 0.306 e. The molecule has 0 spiro atoms. The second-order valence-electron chi connectivity index (χ2n) is 7.14. The van der Waals surface area contributed by atoms with Crippen LogP contribution in [-0.2, 0) is 19.7 Å². The number of likely N-dealkylation sites (tertiary alicyclic amines) is 1. The van der Waals surface area contributed by atoms with Crippen LogP contribution < -0.4 is 0 Å². The van der Waals surface area contributed by atoms with Gasteiger partial charge in [-0.05, 0) is 36.8 Å². The molecule has 0 aromatic heterocycles. The molecule has 2 aliphatic heterocycles. The van der Waals surface area contributed by atoms with Gasteiger partial charge in [0.1, 0.15) is 0 Å². The van der Waals surface area contributed by atoms with Gasteiger partial charge in [-0.3, -0.25) is 9.59 Å². The summed E-state index contributed by atoms with van der Waals surface area (Å²) in [5.74, 6) is -1.15. The van der Waals surface area contributed by atoms with Gasteiger partial charge in [0.15, 0.2) is 0 Å². The fraction of sp³-hybridized carbons (Fsp3) is 0.579. The van der Waals surface area contributed by atoms with Gasteiger partial charge in [0.25, 0.3) is 0 Å². The number of halogens is 1. The van der Waals surface area contributed by atoms with Crippen molar-refractivity contribution in [1.82, 2.24) is 4.90 Å². The first-order chi connectivity index (χ1) is 12.0. The zero-order valence-electron chi connectivity index (χ0n) is 14.4. The summed E-state index contributed by atoms with van der Waals surface area (Å²) in [4.78, 5) is 26.7. The van der Waals surface area contributed by atoms with Crippen molar-refractivity contribution >= 4 is 23.5 Å². The third-order valence-corrected chi connectivity index (χ3v) is 5.98. The second kappa shape index (κ2) is 7.34. The highest BCUT2D eigenvalue weighted by Gasteiger charge is 2.46. The molecule has 1 aromatic carbocycles. The number of carbonyl (C=O) groups excluding carboxylic acids is 1. The van der Waals surface area contributed by atoms with E-state index in [1.807, 2.05) is 36.1 Å². The van der Waals surface area contributed by atoms with E-state index >= 15 is 0 Å². The zero-order valence-corrected chi connectivity index (χ0v) is 15.2. The van der Waals surface area contributed by atoms with Crippen molar-refractivity contribution < 1.29 is 19.4 Å². The highest BCUT2D eigenvalue weighted by atomic mass is 35.5. The molecule has 0 bridgehead atoms. The molecule has 2 fully saturated rings. The van der Waals surface area contributed by atoms with Gasteiger partial charge in [0, 0.05) is 31.3 Å². The van der Waals surface area contributed by atoms with Crippen molar-refractivity contribution in [3.8, 4) is 0 Å². The summed E-state index contributed by atoms with van der Waals surface area (Å²) >= 11 is 6.43. The maximum absolute atomic E-state index is 13.5. The highest BCUT2D eigenvalue weighted by Crippen LogP contribution is 2.41. The fourth-order valence-corrected chi connectivity index (χ4v) is 4.48. The van der Waals surface area contributed by atoms with Crippen LogP contribution in [0.15, 0.2) is 24.3 Å². The lowest BCUT2D eigenvalue weighted by Gasteiger charge is -2.43. The van der Waals surface area contributed by atoms with E-state index in [1.165, 1.54) is 0 Å². The summed E-state index contributed by atoms with van der Waals surface area (Å²) in [6.45, 7) is 3.91. The minimum Gasteiger partial charge on any atom is -0.481 e. The summed E-state index contributed by atoms with van der Waals surface area (Å²) in [5.41, 5.74) is 0.185. The van der Waals surface area contributed by atoms with E-state index in [0.717, 1.165) is 5.56 Å². The van der Waals surface area contributed by atoms with Crippen LogP contribution in [0.5, 0.6) is 0 Å². The van der Waals surface area contributed by atoms with E-state index in [1.54, 1.807) is 0 Å². The summed E-state index contributed by atoms with van der Waals surface area (Å²) < 4.78 is 5.50. The lowest BCUT2D eigenvalue weighted by atomic mass is 9.72. The topological polar surface area (TPSA) is 66.8 Å². The van der Waals surface area contributed by atoms with E-state index in [2.05, 4.69) is 0 Å². The molecule has 25 heavy (non-hydrogen) atoms. The molecule has 1 aromatic rings. The molecule has 1 N–H and O–H groups in total. The van der Waals surface area contributed by atoms with E-state index in [0.29, 0.717) is 50.6 Å². The number of rotatable bonds is 3. The molecule has 6 heteroatoms. The Morgan fingerprint density at radius 1 is 1.28 bits per heavy atom. The SMILES string of the molecule is CC1CN(C(=O)C2(c3ccccc3Cl)CCOCC2)CCC1C(=O)O. The number of amides is 1. The molecular formula is C19H24ClNO4. The number of carboxylic acids is 1. The molecule has 0 radical (unpaired) electrons. The molecule has 2 atom stereocenters. The predicted molar refractivity (Wildman–Crippen MR) is 94.7 cm³/mol. The second-order valence-corrected chi connectivity index (χ2v) is 7.54. The van der Waals surface area contributed by atoms with Crippen LogP contribution in [-0.4, -0.2) is 48.2 Å². The fourth-order valence-electron chi connectivity index (χ4n) is 4.17. The molecule has 136 valence electrons. The van der Waals surface area contributed by atoms with Gasteiger partial charge in [-0.2, -0.15) is 0 Å². The van der Waals surface area contributed by atoms with Crippen molar-refractivity contribution in [3.63, 3.8) is 0 Å². The molecule has 5 nitrogen and oxygen atoms in total. The Morgan fingerprint density at radius 3 is 2.56 bits per heavy atom. The Bertz CT molecular complexity index is 657. The van der Waals surface area contributed by atoms with Crippen molar-refractivity contribution in [2.24, 2.45) is 11.8 Å². The molecule has 2 aliphatic rings. The molecule has 2 unspecified atom stereocenters. The lowest BCUT2D eigenvalue weighted by molar-refractivity contribution is -0.151. The Balaban J connectivity index is 1.89. The van der Waals surface area contributed by atoms with Crippen molar-refractivity contribution in [1.29, 1.82) is 0 Å². The number of carboxylic acid groups (broad SMARTS) is 1. The first-order valence-electron chi connectivity index (χ1n) is 8.80. The molecule has 2 heterocycles. The van der Waals surface area contributed by atoms with Gasteiger partial charge < -0.3 is 14.7 Å². The molecule has 3 rings (SSSR count). The van der Waals surface area contributed by atoms with Crippen molar-refractivity contribution in [2.75, 3.05) is 26.3 Å². The minimum absolute atomic E-state index is 0.0552. The van der Waals surface area contributed by atoms with Crippen LogP contribution in [0, 0.1) is 11.8 Å². The predicted octanol–water partition coefficient (Wildman–Crippen LogP) is 2.96. The first kappa shape index (κ1) is 18.2. The van der Waals surface area contributed by atoms with Gasteiger partial charge in [-0.25, -0.2) is 0 Å². The lowest BCUT2D eigenvalue weighted by Crippen LogP contribution is -2.54. The van der Waals surface area contributed by atoms with Gasteiger partial charge in [0.05, 0.1) is 11.3 Å². The van der Waals surface area contributed by atoms with Crippen LogP contribution >= 0.6 is 11.6 Å². The van der Waals surface area contributed by atoms with Crippen LogP contribution in [0.1, 0.15) is 31.7 Å². The quantitative estimate of drug-likeness (QED) is 0.894. The molecule has 1 amide bonds. The number of carbonyl (C=O) groups is 2. The van der Waals surface area contributed by atoms with E-state index in [-0.39, 0.29) is 17.7 Å². The maximum Gasteiger partial charge on any atom is 0.306 e. The van der Waals surface area contributed by atoms with Crippen LogP contribution in [0.2, 0.25) is 5.02 Å². The number of aliphatic carboxylic acids is 1. The summed E-state index contributed by atoms with van der Waals surface area (Å²) in [7, 11) is 0. The Labute approximate surface area is 152 Å². The minimum atomic E-state index is -0.772. The maximum atomic E-state index is 13.5. The van der Waals surface area contributed by atoms with Crippen LogP contribution in [0.25, 0.3) is 0 Å². The summed E-state index contributed by atoms with van der Waals surface area (Å²) in [5, 5.41) is 9.91. The zero-order chi connectivity index (χ0) is 18.0. The summed E-state index contributed by atoms with van der Waals surface area (Å²) in [6.07, 6.45) is 1.70.